The van der Waals surface area contributed by atoms with Crippen LogP contribution in [0.5, 0.6) is 0 Å². The van der Waals surface area contributed by atoms with Crippen molar-refractivity contribution in [1.82, 2.24) is 10.2 Å². The van der Waals surface area contributed by atoms with E-state index in [9.17, 15) is 4.79 Å². The normalized spacial score (nSPS) is 10.5. The number of rotatable bonds is 3. The van der Waals surface area contributed by atoms with E-state index in [1.165, 1.54) is 0 Å². The van der Waals surface area contributed by atoms with E-state index < -0.39 is 0 Å². The van der Waals surface area contributed by atoms with E-state index in [1.807, 2.05) is 19.1 Å². The molecule has 2 aromatic carbocycles. The highest BCUT2D eigenvalue weighted by Crippen LogP contribution is 2.22. The fourth-order valence-electron chi connectivity index (χ4n) is 1.94. The lowest BCUT2D eigenvalue weighted by molar-refractivity contribution is 0.102. The van der Waals surface area contributed by atoms with Gasteiger partial charge in [0.25, 0.3) is 5.91 Å². The summed E-state index contributed by atoms with van der Waals surface area (Å²) in [4.78, 5) is 12.1. The molecule has 22 heavy (non-hydrogen) atoms. The largest absolute Gasteiger partial charge is 0.403 e. The van der Waals surface area contributed by atoms with E-state index in [0.717, 1.165) is 11.1 Å². The predicted octanol–water partition coefficient (Wildman–Crippen LogP) is 3.95. The summed E-state index contributed by atoms with van der Waals surface area (Å²) in [5, 5.41) is 10.9. The molecule has 0 saturated heterocycles. The molecule has 1 amide bonds. The van der Waals surface area contributed by atoms with Crippen molar-refractivity contribution in [1.29, 1.82) is 0 Å². The molecule has 0 radical (unpaired) electrons. The maximum Gasteiger partial charge on any atom is 0.322 e. The van der Waals surface area contributed by atoms with Gasteiger partial charge in [-0.3, -0.25) is 10.1 Å². The van der Waals surface area contributed by atoms with E-state index in [-0.39, 0.29) is 11.9 Å². The van der Waals surface area contributed by atoms with Crippen molar-refractivity contribution in [3.63, 3.8) is 0 Å². The zero-order valence-electron chi connectivity index (χ0n) is 11.7. The second kappa shape index (κ2) is 5.99. The number of halogens is 1. The molecule has 0 aliphatic rings. The standard InChI is InChI=1S/C16H12ClN3O2/c1-10-3-2-4-12(9-10)14(21)18-16-20-19-15(22-16)11-5-7-13(17)8-6-11/h2-9H,1H3,(H,18,20,21). The van der Waals surface area contributed by atoms with Gasteiger partial charge in [0.05, 0.1) is 0 Å². The zero-order valence-corrected chi connectivity index (χ0v) is 12.5. The lowest BCUT2D eigenvalue weighted by Crippen LogP contribution is -2.12. The van der Waals surface area contributed by atoms with E-state index >= 15 is 0 Å². The van der Waals surface area contributed by atoms with Crippen molar-refractivity contribution in [2.75, 3.05) is 5.32 Å². The van der Waals surface area contributed by atoms with Crippen LogP contribution in [0.3, 0.4) is 0 Å². The Bertz CT molecular complexity index is 812. The van der Waals surface area contributed by atoms with Gasteiger partial charge in [0.1, 0.15) is 0 Å². The highest BCUT2D eigenvalue weighted by molar-refractivity contribution is 6.30. The van der Waals surface area contributed by atoms with E-state index in [0.29, 0.717) is 16.5 Å². The van der Waals surface area contributed by atoms with Gasteiger partial charge in [-0.15, -0.1) is 5.10 Å². The Hall–Kier alpha value is -2.66. The van der Waals surface area contributed by atoms with E-state index in [4.69, 9.17) is 16.0 Å². The number of carbonyl (C=O) groups excluding carboxylic acids is 1. The second-order valence-corrected chi connectivity index (χ2v) is 5.18. The molecule has 6 heteroatoms. The van der Waals surface area contributed by atoms with Gasteiger partial charge in [0.2, 0.25) is 5.89 Å². The van der Waals surface area contributed by atoms with Gasteiger partial charge in [-0.05, 0) is 43.3 Å². The number of nitrogens with zero attached hydrogens (tertiary/aromatic N) is 2. The molecule has 0 atom stereocenters. The Labute approximate surface area is 131 Å². The summed E-state index contributed by atoms with van der Waals surface area (Å²) in [5.74, 6) is 0.0196. The number of hydrogen-bond acceptors (Lipinski definition) is 4. The highest BCUT2D eigenvalue weighted by Gasteiger charge is 2.12. The molecule has 0 spiro atoms. The molecule has 0 bridgehead atoms. The summed E-state index contributed by atoms with van der Waals surface area (Å²) < 4.78 is 5.43. The average Bonchev–Trinajstić information content (AvgIpc) is 2.96. The summed E-state index contributed by atoms with van der Waals surface area (Å²) in [6.45, 7) is 1.92. The van der Waals surface area contributed by atoms with E-state index in [2.05, 4.69) is 15.5 Å². The average molecular weight is 314 g/mol. The third kappa shape index (κ3) is 3.15. The van der Waals surface area contributed by atoms with Gasteiger partial charge in [-0.1, -0.05) is 34.4 Å². The van der Waals surface area contributed by atoms with Crippen molar-refractivity contribution in [2.24, 2.45) is 0 Å². The first-order valence-corrected chi connectivity index (χ1v) is 6.97. The molecule has 110 valence electrons. The SMILES string of the molecule is Cc1cccc(C(=O)Nc2nnc(-c3ccc(Cl)cc3)o2)c1. The van der Waals surface area contributed by atoms with Crippen LogP contribution < -0.4 is 5.32 Å². The fourth-order valence-corrected chi connectivity index (χ4v) is 2.06. The summed E-state index contributed by atoms with van der Waals surface area (Å²) in [5.41, 5.74) is 2.26. The number of aromatic nitrogens is 2. The van der Waals surface area contributed by atoms with Crippen molar-refractivity contribution in [2.45, 2.75) is 6.92 Å². The monoisotopic (exact) mass is 313 g/mol. The number of anilines is 1. The van der Waals surface area contributed by atoms with Crippen molar-refractivity contribution >= 4 is 23.5 Å². The van der Waals surface area contributed by atoms with Crippen LogP contribution in [0, 0.1) is 6.92 Å². The third-order valence-corrected chi connectivity index (χ3v) is 3.27. The molecule has 1 heterocycles. The Morgan fingerprint density at radius 1 is 1.14 bits per heavy atom. The Kier molecular flexibility index (Phi) is 3.89. The van der Waals surface area contributed by atoms with Crippen LogP contribution >= 0.6 is 11.6 Å². The number of benzene rings is 2. The summed E-state index contributed by atoms with van der Waals surface area (Å²) in [6, 6.07) is 14.3. The Morgan fingerprint density at radius 3 is 2.64 bits per heavy atom. The molecule has 1 aromatic heterocycles. The second-order valence-electron chi connectivity index (χ2n) is 4.74. The molecule has 0 fully saturated rings. The first-order chi connectivity index (χ1) is 10.6. The lowest BCUT2D eigenvalue weighted by Gasteiger charge is -2.01. The number of carbonyl (C=O) groups is 1. The van der Waals surface area contributed by atoms with Crippen LogP contribution in [0.15, 0.2) is 52.9 Å². The molecule has 0 saturated carbocycles. The van der Waals surface area contributed by atoms with Gasteiger partial charge in [0.15, 0.2) is 0 Å². The molecule has 0 aliphatic heterocycles. The van der Waals surface area contributed by atoms with Gasteiger partial charge < -0.3 is 4.42 Å². The highest BCUT2D eigenvalue weighted by atomic mass is 35.5. The Balaban J connectivity index is 1.77. The van der Waals surface area contributed by atoms with E-state index in [1.54, 1.807) is 36.4 Å². The van der Waals surface area contributed by atoms with Crippen LogP contribution in [0.2, 0.25) is 5.02 Å². The van der Waals surface area contributed by atoms with Crippen LogP contribution in [-0.2, 0) is 0 Å². The Morgan fingerprint density at radius 2 is 1.91 bits per heavy atom. The predicted molar refractivity (Wildman–Crippen MR) is 83.9 cm³/mol. The van der Waals surface area contributed by atoms with Crippen LogP contribution in [0.4, 0.5) is 6.01 Å². The molecule has 0 unspecified atom stereocenters. The number of aryl methyl sites for hydroxylation is 1. The van der Waals surface area contributed by atoms with Crippen molar-refractivity contribution < 1.29 is 9.21 Å². The summed E-state index contributed by atoms with van der Waals surface area (Å²) in [6.07, 6.45) is 0. The van der Waals surface area contributed by atoms with Gasteiger partial charge in [-0.25, -0.2) is 0 Å². The minimum Gasteiger partial charge on any atom is -0.403 e. The molecule has 0 aliphatic carbocycles. The minimum absolute atomic E-state index is 0.0523. The van der Waals surface area contributed by atoms with Crippen LogP contribution in [0.25, 0.3) is 11.5 Å². The molecule has 5 nitrogen and oxygen atoms in total. The molecular formula is C16H12ClN3O2. The maximum atomic E-state index is 12.1. The minimum atomic E-state index is -0.296. The molecule has 1 N–H and O–H groups in total. The molecule has 3 aromatic rings. The molecular weight excluding hydrogens is 302 g/mol. The van der Waals surface area contributed by atoms with Crippen molar-refractivity contribution in [3.05, 3.63) is 64.7 Å². The van der Waals surface area contributed by atoms with Gasteiger partial charge >= 0.3 is 6.01 Å². The first-order valence-electron chi connectivity index (χ1n) is 6.59. The van der Waals surface area contributed by atoms with Crippen LogP contribution in [0.1, 0.15) is 15.9 Å². The number of hydrogen-bond donors (Lipinski definition) is 1. The topological polar surface area (TPSA) is 68.0 Å². The first kappa shape index (κ1) is 14.3. The van der Waals surface area contributed by atoms with Gasteiger partial charge in [0, 0.05) is 16.1 Å². The summed E-state index contributed by atoms with van der Waals surface area (Å²) in [7, 11) is 0. The van der Waals surface area contributed by atoms with Crippen molar-refractivity contribution in [3.8, 4) is 11.5 Å². The maximum absolute atomic E-state index is 12.1. The third-order valence-electron chi connectivity index (χ3n) is 3.02. The molecule has 3 rings (SSSR count). The smallest absolute Gasteiger partial charge is 0.322 e. The lowest BCUT2D eigenvalue weighted by atomic mass is 10.1. The van der Waals surface area contributed by atoms with Crippen LogP contribution in [-0.4, -0.2) is 16.1 Å². The summed E-state index contributed by atoms with van der Waals surface area (Å²) >= 11 is 5.83. The fraction of sp³-hybridized carbons (Fsp3) is 0.0625. The number of nitrogens with one attached hydrogen (secondary N) is 1. The number of amides is 1. The van der Waals surface area contributed by atoms with Gasteiger partial charge in [-0.2, -0.15) is 0 Å². The zero-order chi connectivity index (χ0) is 15.5. The quantitative estimate of drug-likeness (QED) is 0.795.